The number of carbonyl (C=O) groups excluding carboxylic acids is 1. The van der Waals surface area contributed by atoms with E-state index in [4.69, 9.17) is 11.6 Å². The molecular formula is C20H24ClN3O2. The van der Waals surface area contributed by atoms with Gasteiger partial charge in [-0.3, -0.25) is 4.79 Å². The largest absolute Gasteiger partial charge is 0.387 e. The first-order valence-electron chi connectivity index (χ1n) is 8.92. The molecule has 1 atom stereocenters. The highest BCUT2D eigenvalue weighted by Gasteiger charge is 2.25. The molecule has 0 unspecified atom stereocenters. The fraction of sp³-hybridized carbons (Fsp3) is 0.400. The van der Waals surface area contributed by atoms with Crippen molar-refractivity contribution in [2.75, 3.05) is 24.5 Å². The van der Waals surface area contributed by atoms with Gasteiger partial charge in [-0.15, -0.1) is 0 Å². The van der Waals surface area contributed by atoms with Gasteiger partial charge in [0, 0.05) is 31.7 Å². The van der Waals surface area contributed by atoms with Gasteiger partial charge in [0.25, 0.3) is 0 Å². The van der Waals surface area contributed by atoms with E-state index in [9.17, 15) is 9.90 Å². The molecule has 0 saturated carbocycles. The molecule has 26 heavy (non-hydrogen) atoms. The van der Waals surface area contributed by atoms with Crippen LogP contribution in [0.4, 0.5) is 5.82 Å². The molecule has 1 aromatic heterocycles. The Morgan fingerprint density at radius 1 is 1.27 bits per heavy atom. The lowest BCUT2D eigenvalue weighted by Crippen LogP contribution is -2.41. The maximum Gasteiger partial charge on any atom is 0.223 e. The van der Waals surface area contributed by atoms with Gasteiger partial charge in [-0.2, -0.15) is 0 Å². The Bertz CT molecular complexity index is 726. The summed E-state index contributed by atoms with van der Waals surface area (Å²) in [5, 5.41) is 13.7. The molecule has 0 aliphatic carbocycles. The number of hydrogen-bond donors (Lipinski definition) is 2. The summed E-state index contributed by atoms with van der Waals surface area (Å²) in [6.45, 7) is 3.81. The SMILES string of the molecule is Cc1ccc([C@@H](O)CNC(=O)C2CCN(c3ccc(Cl)cn3)CC2)cc1. The zero-order valence-electron chi connectivity index (χ0n) is 14.9. The summed E-state index contributed by atoms with van der Waals surface area (Å²) in [7, 11) is 0. The summed E-state index contributed by atoms with van der Waals surface area (Å²) >= 11 is 5.87. The van der Waals surface area contributed by atoms with Gasteiger partial charge < -0.3 is 15.3 Å². The number of aromatic nitrogens is 1. The van der Waals surface area contributed by atoms with E-state index < -0.39 is 6.10 Å². The molecule has 2 heterocycles. The lowest BCUT2D eigenvalue weighted by molar-refractivity contribution is -0.126. The number of aliphatic hydroxyl groups excluding tert-OH is 1. The predicted octanol–water partition coefficient (Wildman–Crippen LogP) is 3.11. The van der Waals surface area contributed by atoms with E-state index in [1.165, 1.54) is 0 Å². The predicted molar refractivity (Wildman–Crippen MR) is 103 cm³/mol. The molecule has 5 nitrogen and oxygen atoms in total. The average molecular weight is 374 g/mol. The average Bonchev–Trinajstić information content (AvgIpc) is 2.67. The van der Waals surface area contributed by atoms with E-state index in [0.717, 1.165) is 42.9 Å². The number of nitrogens with zero attached hydrogens (tertiary/aromatic N) is 2. The normalized spacial score (nSPS) is 16.3. The highest BCUT2D eigenvalue weighted by molar-refractivity contribution is 6.30. The summed E-state index contributed by atoms with van der Waals surface area (Å²) in [5.74, 6) is 0.881. The standard InChI is InChI=1S/C20H24ClN3O2/c1-14-2-4-15(5-3-14)18(25)13-23-20(26)16-8-10-24(11-9-16)19-7-6-17(21)12-22-19/h2-7,12,16,18,25H,8-11,13H2,1H3,(H,23,26)/t18-/m0/s1. The van der Waals surface area contributed by atoms with Crippen LogP contribution in [0.5, 0.6) is 0 Å². The van der Waals surface area contributed by atoms with E-state index in [2.05, 4.69) is 15.2 Å². The van der Waals surface area contributed by atoms with E-state index in [1.54, 1.807) is 6.20 Å². The van der Waals surface area contributed by atoms with Crippen LogP contribution < -0.4 is 10.2 Å². The van der Waals surface area contributed by atoms with Gasteiger partial charge in [-0.25, -0.2) is 4.98 Å². The number of aryl methyl sites for hydroxylation is 1. The number of piperidine rings is 1. The molecule has 6 heteroatoms. The van der Waals surface area contributed by atoms with Crippen LogP contribution in [0.1, 0.15) is 30.1 Å². The van der Waals surface area contributed by atoms with Gasteiger partial charge in [0.05, 0.1) is 11.1 Å². The molecule has 0 bridgehead atoms. The number of hydrogen-bond acceptors (Lipinski definition) is 4. The van der Waals surface area contributed by atoms with Gasteiger partial charge in [0.1, 0.15) is 5.82 Å². The topological polar surface area (TPSA) is 65.5 Å². The maximum atomic E-state index is 12.4. The van der Waals surface area contributed by atoms with Crippen LogP contribution in [0.2, 0.25) is 5.02 Å². The van der Waals surface area contributed by atoms with Crippen LogP contribution in [0.25, 0.3) is 0 Å². The molecular weight excluding hydrogens is 350 g/mol. The molecule has 1 amide bonds. The molecule has 2 aromatic rings. The molecule has 1 aliphatic heterocycles. The number of carbonyl (C=O) groups is 1. The molecule has 1 fully saturated rings. The van der Waals surface area contributed by atoms with Crippen LogP contribution in [0, 0.1) is 12.8 Å². The Labute approximate surface area is 159 Å². The van der Waals surface area contributed by atoms with Crippen LogP contribution in [0.3, 0.4) is 0 Å². The third-order valence-corrected chi connectivity index (χ3v) is 5.06. The van der Waals surface area contributed by atoms with Gasteiger partial charge in [0.15, 0.2) is 0 Å². The van der Waals surface area contributed by atoms with Crippen LogP contribution in [-0.4, -0.2) is 35.6 Å². The monoisotopic (exact) mass is 373 g/mol. The van der Waals surface area contributed by atoms with Gasteiger partial charge in [0.2, 0.25) is 5.91 Å². The number of halogens is 1. The maximum absolute atomic E-state index is 12.4. The first-order valence-corrected chi connectivity index (χ1v) is 9.29. The van der Waals surface area contributed by atoms with E-state index in [0.29, 0.717) is 5.02 Å². The molecule has 0 radical (unpaired) electrons. The second-order valence-corrected chi connectivity index (χ2v) is 7.20. The Kier molecular flexibility index (Phi) is 6.12. The highest BCUT2D eigenvalue weighted by Crippen LogP contribution is 2.23. The van der Waals surface area contributed by atoms with Crippen molar-refractivity contribution in [3.8, 4) is 0 Å². The number of aliphatic hydroxyl groups is 1. The molecule has 1 aromatic carbocycles. The molecule has 138 valence electrons. The molecule has 2 N–H and O–H groups in total. The molecule has 1 aliphatic rings. The lowest BCUT2D eigenvalue weighted by Gasteiger charge is -2.32. The van der Waals surface area contributed by atoms with Crippen molar-refractivity contribution in [3.63, 3.8) is 0 Å². The number of rotatable bonds is 5. The van der Waals surface area contributed by atoms with Crippen molar-refractivity contribution in [1.82, 2.24) is 10.3 Å². The highest BCUT2D eigenvalue weighted by atomic mass is 35.5. The van der Waals surface area contributed by atoms with Gasteiger partial charge >= 0.3 is 0 Å². The van der Waals surface area contributed by atoms with Gasteiger partial charge in [-0.1, -0.05) is 41.4 Å². The Balaban J connectivity index is 1.46. The van der Waals surface area contributed by atoms with Crippen molar-refractivity contribution < 1.29 is 9.90 Å². The second-order valence-electron chi connectivity index (χ2n) is 6.77. The number of benzene rings is 1. The third kappa shape index (κ3) is 4.74. The Morgan fingerprint density at radius 2 is 1.96 bits per heavy atom. The van der Waals surface area contributed by atoms with Crippen LogP contribution in [0.15, 0.2) is 42.6 Å². The number of anilines is 1. The van der Waals surface area contributed by atoms with Crippen molar-refractivity contribution in [2.45, 2.75) is 25.9 Å². The van der Waals surface area contributed by atoms with Crippen LogP contribution in [-0.2, 0) is 4.79 Å². The summed E-state index contributed by atoms with van der Waals surface area (Å²) < 4.78 is 0. The first-order chi connectivity index (χ1) is 12.5. The summed E-state index contributed by atoms with van der Waals surface area (Å²) in [5.41, 5.74) is 1.96. The Hall–Kier alpha value is -2.11. The zero-order valence-corrected chi connectivity index (χ0v) is 15.6. The second kappa shape index (κ2) is 8.52. The van der Waals surface area contributed by atoms with Crippen LogP contribution >= 0.6 is 11.6 Å². The molecule has 3 rings (SSSR count). The minimum Gasteiger partial charge on any atom is -0.387 e. The molecule has 0 spiro atoms. The van der Waals surface area contributed by atoms with E-state index in [-0.39, 0.29) is 18.4 Å². The van der Waals surface area contributed by atoms with Crippen molar-refractivity contribution in [3.05, 3.63) is 58.7 Å². The fourth-order valence-electron chi connectivity index (χ4n) is 3.17. The quantitative estimate of drug-likeness (QED) is 0.845. The summed E-state index contributed by atoms with van der Waals surface area (Å²) in [4.78, 5) is 18.9. The van der Waals surface area contributed by atoms with Crippen molar-refractivity contribution in [1.29, 1.82) is 0 Å². The van der Waals surface area contributed by atoms with Gasteiger partial charge in [-0.05, 0) is 37.5 Å². The minimum atomic E-state index is -0.682. The zero-order chi connectivity index (χ0) is 18.5. The Morgan fingerprint density at radius 3 is 2.58 bits per heavy atom. The lowest BCUT2D eigenvalue weighted by atomic mass is 9.95. The summed E-state index contributed by atoms with van der Waals surface area (Å²) in [6, 6.07) is 11.4. The molecule has 1 saturated heterocycles. The van der Waals surface area contributed by atoms with Crippen molar-refractivity contribution in [2.24, 2.45) is 5.92 Å². The third-order valence-electron chi connectivity index (χ3n) is 4.83. The number of nitrogens with one attached hydrogen (secondary N) is 1. The minimum absolute atomic E-state index is 0.0138. The number of amides is 1. The first kappa shape index (κ1) is 18.7. The van der Waals surface area contributed by atoms with E-state index in [1.807, 2.05) is 43.3 Å². The summed E-state index contributed by atoms with van der Waals surface area (Å²) in [6.07, 6.45) is 2.51. The number of pyridine rings is 1. The van der Waals surface area contributed by atoms with E-state index >= 15 is 0 Å². The van der Waals surface area contributed by atoms with Crippen molar-refractivity contribution >= 4 is 23.3 Å². The smallest absolute Gasteiger partial charge is 0.223 e. The fourth-order valence-corrected chi connectivity index (χ4v) is 3.29.